The Hall–Kier alpha value is -2.04. The summed E-state index contributed by atoms with van der Waals surface area (Å²) in [5.74, 6) is 0.949. The van der Waals surface area contributed by atoms with Crippen LogP contribution < -0.4 is 16.0 Å². The molecule has 1 aromatic carbocycles. The lowest BCUT2D eigenvalue weighted by molar-refractivity contribution is -0.121. The molecule has 1 fully saturated rings. The molecule has 0 spiro atoms. The molecule has 1 atom stereocenters. The Morgan fingerprint density at radius 3 is 2.70 bits per heavy atom. The number of guanidine groups is 1. The van der Waals surface area contributed by atoms with E-state index in [0.717, 1.165) is 31.8 Å². The van der Waals surface area contributed by atoms with Crippen LogP contribution in [-0.2, 0) is 4.79 Å². The number of hydrogen-bond acceptors (Lipinski definition) is 2. The van der Waals surface area contributed by atoms with Crippen LogP contribution in [0.1, 0.15) is 51.1 Å². The minimum Gasteiger partial charge on any atom is -0.357 e. The Labute approximate surface area is 139 Å². The SMILES string of the molecule is CCNC(=NCCCC(=O)NC1CC1)NC(C)c1ccccc1. The molecule has 1 unspecified atom stereocenters. The van der Waals surface area contributed by atoms with Gasteiger partial charge in [-0.25, -0.2) is 0 Å². The van der Waals surface area contributed by atoms with Crippen LogP contribution in [0.3, 0.4) is 0 Å². The van der Waals surface area contributed by atoms with Crippen molar-refractivity contribution in [3.8, 4) is 0 Å². The van der Waals surface area contributed by atoms with Crippen molar-refractivity contribution in [2.24, 2.45) is 4.99 Å². The molecule has 0 radical (unpaired) electrons. The first-order valence-corrected chi connectivity index (χ1v) is 8.58. The standard InChI is InChI=1S/C18H28N4O/c1-3-19-18(21-14(2)15-8-5-4-6-9-15)20-13-7-10-17(23)22-16-11-12-16/h4-6,8-9,14,16H,3,7,10-13H2,1-2H3,(H,22,23)(H2,19,20,21). The first kappa shape index (κ1) is 17.3. The fourth-order valence-corrected chi connectivity index (χ4v) is 2.31. The molecule has 1 aliphatic carbocycles. The summed E-state index contributed by atoms with van der Waals surface area (Å²) in [4.78, 5) is 16.2. The number of rotatable bonds is 8. The number of benzene rings is 1. The lowest BCUT2D eigenvalue weighted by Gasteiger charge is -2.18. The summed E-state index contributed by atoms with van der Waals surface area (Å²) < 4.78 is 0. The maximum Gasteiger partial charge on any atom is 0.220 e. The molecule has 0 heterocycles. The van der Waals surface area contributed by atoms with E-state index in [-0.39, 0.29) is 11.9 Å². The highest BCUT2D eigenvalue weighted by molar-refractivity contribution is 5.80. The van der Waals surface area contributed by atoms with Gasteiger partial charge in [-0.3, -0.25) is 9.79 Å². The molecule has 126 valence electrons. The summed E-state index contributed by atoms with van der Waals surface area (Å²) in [5.41, 5.74) is 1.22. The van der Waals surface area contributed by atoms with Gasteiger partial charge in [0.1, 0.15) is 0 Å². The summed E-state index contributed by atoms with van der Waals surface area (Å²) in [6.07, 6.45) is 3.59. The molecular weight excluding hydrogens is 288 g/mol. The first-order valence-electron chi connectivity index (χ1n) is 8.58. The van der Waals surface area contributed by atoms with E-state index < -0.39 is 0 Å². The molecule has 1 saturated carbocycles. The van der Waals surface area contributed by atoms with Gasteiger partial charge in [-0.1, -0.05) is 30.3 Å². The summed E-state index contributed by atoms with van der Waals surface area (Å²) in [5, 5.41) is 9.66. The molecule has 0 aromatic heterocycles. The van der Waals surface area contributed by atoms with E-state index in [1.165, 1.54) is 5.56 Å². The van der Waals surface area contributed by atoms with Crippen LogP contribution in [0.2, 0.25) is 0 Å². The van der Waals surface area contributed by atoms with Gasteiger partial charge in [0, 0.05) is 25.6 Å². The largest absolute Gasteiger partial charge is 0.357 e. The average Bonchev–Trinajstić information content (AvgIpc) is 3.36. The summed E-state index contributed by atoms with van der Waals surface area (Å²) in [7, 11) is 0. The zero-order chi connectivity index (χ0) is 16.5. The van der Waals surface area contributed by atoms with E-state index in [4.69, 9.17) is 0 Å². The number of carbonyl (C=O) groups excluding carboxylic acids is 1. The van der Waals surface area contributed by atoms with Gasteiger partial charge < -0.3 is 16.0 Å². The highest BCUT2D eigenvalue weighted by Crippen LogP contribution is 2.18. The van der Waals surface area contributed by atoms with Crippen molar-refractivity contribution in [2.75, 3.05) is 13.1 Å². The first-order chi connectivity index (χ1) is 11.2. The Morgan fingerprint density at radius 2 is 2.04 bits per heavy atom. The number of aliphatic imine (C=N–C) groups is 1. The fourth-order valence-electron chi connectivity index (χ4n) is 2.31. The minimum atomic E-state index is 0.151. The quantitative estimate of drug-likeness (QED) is 0.392. The minimum absolute atomic E-state index is 0.151. The van der Waals surface area contributed by atoms with Crippen LogP contribution in [0.5, 0.6) is 0 Å². The van der Waals surface area contributed by atoms with E-state index >= 15 is 0 Å². The monoisotopic (exact) mass is 316 g/mol. The molecule has 2 rings (SSSR count). The Bertz CT molecular complexity index is 511. The second-order valence-corrected chi connectivity index (χ2v) is 5.98. The average molecular weight is 316 g/mol. The van der Waals surface area contributed by atoms with Crippen molar-refractivity contribution in [2.45, 2.75) is 51.6 Å². The zero-order valence-electron chi connectivity index (χ0n) is 14.1. The third-order valence-corrected chi connectivity index (χ3v) is 3.77. The summed E-state index contributed by atoms with van der Waals surface area (Å²) >= 11 is 0. The lowest BCUT2D eigenvalue weighted by Crippen LogP contribution is -2.38. The molecule has 0 aliphatic heterocycles. The third kappa shape index (κ3) is 6.72. The van der Waals surface area contributed by atoms with Crippen LogP contribution >= 0.6 is 0 Å². The predicted octanol–water partition coefficient (Wildman–Crippen LogP) is 2.36. The van der Waals surface area contributed by atoms with Crippen molar-refractivity contribution < 1.29 is 4.79 Å². The topological polar surface area (TPSA) is 65.5 Å². The van der Waals surface area contributed by atoms with E-state index in [1.54, 1.807) is 0 Å². The molecule has 3 N–H and O–H groups in total. The molecule has 5 nitrogen and oxygen atoms in total. The maximum absolute atomic E-state index is 11.6. The van der Waals surface area contributed by atoms with Gasteiger partial charge in [0.2, 0.25) is 5.91 Å². The normalized spacial score (nSPS) is 15.8. The second-order valence-electron chi connectivity index (χ2n) is 5.98. The van der Waals surface area contributed by atoms with E-state index in [1.807, 2.05) is 25.1 Å². The number of amides is 1. The number of nitrogens with zero attached hydrogens (tertiary/aromatic N) is 1. The fraction of sp³-hybridized carbons (Fsp3) is 0.556. The Balaban J connectivity index is 1.76. The van der Waals surface area contributed by atoms with Gasteiger partial charge in [-0.2, -0.15) is 0 Å². The van der Waals surface area contributed by atoms with Gasteiger partial charge in [0.25, 0.3) is 0 Å². The van der Waals surface area contributed by atoms with E-state index in [9.17, 15) is 4.79 Å². The molecule has 1 aromatic rings. The van der Waals surface area contributed by atoms with Crippen LogP contribution in [0.15, 0.2) is 35.3 Å². The maximum atomic E-state index is 11.6. The summed E-state index contributed by atoms with van der Waals surface area (Å²) in [6, 6.07) is 10.9. The third-order valence-electron chi connectivity index (χ3n) is 3.77. The molecule has 1 aliphatic rings. The second kappa shape index (κ2) is 9.18. The van der Waals surface area contributed by atoms with Crippen LogP contribution in [0.25, 0.3) is 0 Å². The summed E-state index contributed by atoms with van der Waals surface area (Å²) in [6.45, 7) is 5.63. The number of hydrogen-bond donors (Lipinski definition) is 3. The smallest absolute Gasteiger partial charge is 0.220 e. The van der Waals surface area contributed by atoms with Gasteiger partial charge in [-0.05, 0) is 38.7 Å². The highest BCUT2D eigenvalue weighted by Gasteiger charge is 2.22. The number of carbonyl (C=O) groups is 1. The number of nitrogens with one attached hydrogen (secondary N) is 3. The molecule has 1 amide bonds. The van der Waals surface area contributed by atoms with Crippen LogP contribution in [0, 0.1) is 0 Å². The van der Waals surface area contributed by atoms with Gasteiger partial charge in [-0.15, -0.1) is 0 Å². The molecule has 0 saturated heterocycles. The van der Waals surface area contributed by atoms with Crippen LogP contribution in [-0.4, -0.2) is 31.0 Å². The Morgan fingerprint density at radius 1 is 1.30 bits per heavy atom. The van der Waals surface area contributed by atoms with Gasteiger partial charge >= 0.3 is 0 Å². The van der Waals surface area contributed by atoms with Crippen molar-refractivity contribution >= 4 is 11.9 Å². The van der Waals surface area contributed by atoms with Crippen LogP contribution in [0.4, 0.5) is 0 Å². The van der Waals surface area contributed by atoms with Gasteiger partial charge in [0.05, 0.1) is 6.04 Å². The molecule has 0 bridgehead atoms. The highest BCUT2D eigenvalue weighted by atomic mass is 16.1. The van der Waals surface area contributed by atoms with Gasteiger partial charge in [0.15, 0.2) is 5.96 Å². The predicted molar refractivity (Wildman–Crippen MR) is 94.4 cm³/mol. The molecule has 5 heteroatoms. The Kier molecular flexibility index (Phi) is 6.91. The van der Waals surface area contributed by atoms with Crippen molar-refractivity contribution in [3.05, 3.63) is 35.9 Å². The zero-order valence-corrected chi connectivity index (χ0v) is 14.1. The molecular formula is C18H28N4O. The lowest BCUT2D eigenvalue weighted by atomic mass is 10.1. The van der Waals surface area contributed by atoms with E-state index in [2.05, 4.69) is 40.0 Å². The van der Waals surface area contributed by atoms with Crippen molar-refractivity contribution in [1.29, 1.82) is 0 Å². The van der Waals surface area contributed by atoms with E-state index in [0.29, 0.717) is 19.0 Å². The van der Waals surface area contributed by atoms with Crippen molar-refractivity contribution in [3.63, 3.8) is 0 Å². The van der Waals surface area contributed by atoms with Crippen molar-refractivity contribution in [1.82, 2.24) is 16.0 Å². The molecule has 23 heavy (non-hydrogen) atoms.